The molecule has 0 unspecified atom stereocenters. The highest BCUT2D eigenvalue weighted by Crippen LogP contribution is 2.40. The Morgan fingerprint density at radius 1 is 0.500 bits per heavy atom. The molecule has 0 atom stereocenters. The van der Waals surface area contributed by atoms with Crippen molar-refractivity contribution in [2.75, 3.05) is 16.9 Å². The van der Waals surface area contributed by atoms with E-state index in [1.165, 1.54) is 0 Å². The van der Waals surface area contributed by atoms with Crippen molar-refractivity contribution in [1.82, 2.24) is 0 Å². The largest absolute Gasteiger partial charge is 0.497 e. The summed E-state index contributed by atoms with van der Waals surface area (Å²) in [5, 5.41) is 9.52. The Morgan fingerprint density at radius 3 is 1.36 bits per heavy atom. The minimum Gasteiger partial charge on any atom is -0.497 e. The fraction of sp³-hybridized carbons (Fsp3) is 0.0625. The second kappa shape index (κ2) is 10.8. The molecule has 0 bridgehead atoms. The molecule has 0 amide bonds. The van der Waals surface area contributed by atoms with E-state index < -0.39 is 0 Å². The molecule has 0 saturated heterocycles. The predicted molar refractivity (Wildman–Crippen MR) is 148 cm³/mol. The number of aliphatic hydroxyl groups excluding tert-OH is 1. The molecule has 0 saturated carbocycles. The van der Waals surface area contributed by atoms with Gasteiger partial charge in [-0.05, 0) is 84.4 Å². The number of hydrogen-bond donors (Lipinski definition) is 1. The predicted octanol–water partition coefficient (Wildman–Crippen LogP) is 8.13. The molecule has 5 aromatic rings. The molecule has 0 aliphatic carbocycles. The third kappa shape index (κ3) is 4.95. The number of anilines is 6. The Balaban J connectivity index is 1.63. The van der Waals surface area contributed by atoms with Gasteiger partial charge in [-0.25, -0.2) is 0 Å². The number of para-hydroxylation sites is 2. The first-order chi connectivity index (χ1) is 17.8. The summed E-state index contributed by atoms with van der Waals surface area (Å²) in [5.74, 6) is 0.821. The molecule has 0 fully saturated rings. The van der Waals surface area contributed by atoms with E-state index >= 15 is 0 Å². The second-order valence-electron chi connectivity index (χ2n) is 8.38. The zero-order valence-corrected chi connectivity index (χ0v) is 20.2. The average molecular weight is 473 g/mol. The van der Waals surface area contributed by atoms with Crippen LogP contribution in [0.3, 0.4) is 0 Å². The maximum atomic E-state index is 9.52. The SMILES string of the molecule is COc1ccc(N(c2ccccc2)c2cccc(N(c3ccccc3)c3ccc(CO)cc3)c2)cc1. The van der Waals surface area contributed by atoms with E-state index in [0.29, 0.717) is 0 Å². The van der Waals surface area contributed by atoms with Crippen molar-refractivity contribution in [1.29, 1.82) is 0 Å². The van der Waals surface area contributed by atoms with Crippen LogP contribution in [0.5, 0.6) is 5.75 Å². The summed E-state index contributed by atoms with van der Waals surface area (Å²) in [6, 6.07) is 45.3. The van der Waals surface area contributed by atoms with Crippen molar-refractivity contribution in [3.05, 3.63) is 139 Å². The average Bonchev–Trinajstić information content (AvgIpc) is 2.96. The molecule has 0 aliphatic heterocycles. The number of nitrogens with zero attached hydrogens (tertiary/aromatic N) is 2. The van der Waals surface area contributed by atoms with Gasteiger partial charge in [0.15, 0.2) is 0 Å². The number of benzene rings is 5. The van der Waals surface area contributed by atoms with E-state index in [0.717, 1.165) is 45.4 Å². The van der Waals surface area contributed by atoms with Crippen LogP contribution in [0.2, 0.25) is 0 Å². The molecular formula is C32H28N2O2. The molecule has 0 aromatic heterocycles. The van der Waals surface area contributed by atoms with E-state index in [9.17, 15) is 5.11 Å². The zero-order valence-electron chi connectivity index (χ0n) is 20.2. The third-order valence-electron chi connectivity index (χ3n) is 6.08. The van der Waals surface area contributed by atoms with Gasteiger partial charge in [0.25, 0.3) is 0 Å². The molecule has 36 heavy (non-hydrogen) atoms. The first-order valence-electron chi connectivity index (χ1n) is 11.9. The summed E-state index contributed by atoms with van der Waals surface area (Å²) in [5.41, 5.74) is 7.14. The summed E-state index contributed by atoms with van der Waals surface area (Å²) in [6.07, 6.45) is 0. The van der Waals surface area contributed by atoms with Gasteiger partial charge >= 0.3 is 0 Å². The molecule has 0 heterocycles. The number of rotatable bonds is 8. The quantitative estimate of drug-likeness (QED) is 0.247. The lowest BCUT2D eigenvalue weighted by Gasteiger charge is -2.29. The lowest BCUT2D eigenvalue weighted by Crippen LogP contribution is -2.13. The van der Waals surface area contributed by atoms with Gasteiger partial charge in [0.05, 0.1) is 13.7 Å². The maximum absolute atomic E-state index is 9.52. The Labute approximate surface area is 212 Å². The van der Waals surface area contributed by atoms with Gasteiger partial charge in [0, 0.05) is 34.1 Å². The topological polar surface area (TPSA) is 35.9 Å². The molecular weight excluding hydrogens is 444 g/mol. The molecule has 4 nitrogen and oxygen atoms in total. The summed E-state index contributed by atoms with van der Waals surface area (Å²) in [6.45, 7) is 0.0228. The number of hydrogen-bond acceptors (Lipinski definition) is 4. The highest BCUT2D eigenvalue weighted by molar-refractivity contribution is 5.83. The Kier molecular flexibility index (Phi) is 6.97. The molecule has 5 rings (SSSR count). The van der Waals surface area contributed by atoms with Crippen molar-refractivity contribution in [3.8, 4) is 5.75 Å². The van der Waals surface area contributed by atoms with E-state index in [1.807, 2.05) is 60.7 Å². The van der Waals surface area contributed by atoms with Gasteiger partial charge in [-0.1, -0.05) is 54.6 Å². The van der Waals surface area contributed by atoms with Crippen LogP contribution in [0.25, 0.3) is 0 Å². The number of aliphatic hydroxyl groups is 1. The highest BCUT2D eigenvalue weighted by atomic mass is 16.5. The third-order valence-corrected chi connectivity index (χ3v) is 6.08. The van der Waals surface area contributed by atoms with E-state index in [1.54, 1.807) is 7.11 Å². The van der Waals surface area contributed by atoms with Crippen molar-refractivity contribution in [3.63, 3.8) is 0 Å². The Bertz CT molecular complexity index is 1280. The Hall–Kier alpha value is -4.54. The van der Waals surface area contributed by atoms with Gasteiger partial charge in [0.1, 0.15) is 5.75 Å². The molecule has 0 radical (unpaired) electrons. The van der Waals surface area contributed by atoms with Crippen LogP contribution in [-0.4, -0.2) is 12.2 Å². The molecule has 0 spiro atoms. The highest BCUT2D eigenvalue weighted by Gasteiger charge is 2.17. The van der Waals surface area contributed by atoms with Crippen molar-refractivity contribution >= 4 is 34.1 Å². The summed E-state index contributed by atoms with van der Waals surface area (Å²) < 4.78 is 5.38. The first kappa shape index (κ1) is 23.2. The van der Waals surface area contributed by atoms with Gasteiger partial charge in [-0.15, -0.1) is 0 Å². The second-order valence-corrected chi connectivity index (χ2v) is 8.38. The van der Waals surface area contributed by atoms with Crippen LogP contribution in [0, 0.1) is 0 Å². The van der Waals surface area contributed by atoms with E-state index in [2.05, 4.69) is 82.6 Å². The number of methoxy groups -OCH3 is 1. The van der Waals surface area contributed by atoms with Crippen LogP contribution in [-0.2, 0) is 6.61 Å². The maximum Gasteiger partial charge on any atom is 0.119 e. The lowest BCUT2D eigenvalue weighted by molar-refractivity contribution is 0.282. The van der Waals surface area contributed by atoms with Crippen molar-refractivity contribution < 1.29 is 9.84 Å². The summed E-state index contributed by atoms with van der Waals surface area (Å²) in [7, 11) is 1.68. The zero-order chi connectivity index (χ0) is 24.7. The van der Waals surface area contributed by atoms with Crippen LogP contribution in [0.1, 0.15) is 5.56 Å². The first-order valence-corrected chi connectivity index (χ1v) is 11.9. The normalized spacial score (nSPS) is 10.6. The standard InChI is InChI=1S/C32H28N2O2/c1-36-32-21-19-29(20-22-32)34(27-11-6-3-7-12-27)31-14-8-13-30(23-31)33(26-9-4-2-5-10-26)28-17-15-25(24-35)16-18-28/h2-23,35H,24H2,1H3. The molecule has 5 aromatic carbocycles. The number of ether oxygens (including phenoxy) is 1. The van der Waals surface area contributed by atoms with Crippen LogP contribution >= 0.6 is 0 Å². The van der Waals surface area contributed by atoms with E-state index in [-0.39, 0.29) is 6.61 Å². The molecule has 4 heteroatoms. The summed E-state index contributed by atoms with van der Waals surface area (Å²) >= 11 is 0. The minimum atomic E-state index is 0.0228. The molecule has 178 valence electrons. The fourth-order valence-corrected chi connectivity index (χ4v) is 4.30. The fourth-order valence-electron chi connectivity index (χ4n) is 4.30. The monoisotopic (exact) mass is 472 g/mol. The van der Waals surface area contributed by atoms with Crippen LogP contribution in [0.4, 0.5) is 34.1 Å². The Morgan fingerprint density at radius 2 is 0.917 bits per heavy atom. The minimum absolute atomic E-state index is 0.0228. The summed E-state index contributed by atoms with van der Waals surface area (Å²) in [4.78, 5) is 4.46. The van der Waals surface area contributed by atoms with E-state index in [4.69, 9.17) is 4.74 Å². The van der Waals surface area contributed by atoms with Crippen LogP contribution < -0.4 is 14.5 Å². The molecule has 1 N–H and O–H groups in total. The molecule has 0 aliphatic rings. The lowest BCUT2D eigenvalue weighted by atomic mass is 10.1. The van der Waals surface area contributed by atoms with Gasteiger partial charge in [-0.2, -0.15) is 0 Å². The van der Waals surface area contributed by atoms with Gasteiger partial charge in [0.2, 0.25) is 0 Å². The van der Waals surface area contributed by atoms with Crippen molar-refractivity contribution in [2.24, 2.45) is 0 Å². The van der Waals surface area contributed by atoms with Crippen molar-refractivity contribution in [2.45, 2.75) is 6.61 Å². The van der Waals surface area contributed by atoms with Gasteiger partial charge in [-0.3, -0.25) is 0 Å². The smallest absolute Gasteiger partial charge is 0.119 e. The van der Waals surface area contributed by atoms with Gasteiger partial charge < -0.3 is 19.6 Å². The van der Waals surface area contributed by atoms with Crippen LogP contribution in [0.15, 0.2) is 133 Å².